The van der Waals surface area contributed by atoms with Gasteiger partial charge in [-0.1, -0.05) is 40.0 Å². The van der Waals surface area contributed by atoms with Gasteiger partial charge in [0.25, 0.3) is 5.91 Å². The number of nitrogens with one attached hydrogen (secondary N) is 2. The molecule has 2 aliphatic rings. The van der Waals surface area contributed by atoms with Gasteiger partial charge in [-0.2, -0.15) is 0 Å². The summed E-state index contributed by atoms with van der Waals surface area (Å²) >= 11 is 0. The smallest absolute Gasteiger partial charge is 0.251 e. The van der Waals surface area contributed by atoms with Crippen molar-refractivity contribution in [2.24, 2.45) is 5.41 Å². The number of Topliss-reactive ketones (excluding diaryl/α,β-unsaturated/α-hetero) is 1. The average molecular weight is 445 g/mol. The molecule has 7 heteroatoms. The fourth-order valence-corrected chi connectivity index (χ4v) is 4.94. The summed E-state index contributed by atoms with van der Waals surface area (Å²) in [5, 5.41) is 15.8. The number of amides is 2. The van der Waals surface area contributed by atoms with Gasteiger partial charge in [0, 0.05) is 5.56 Å². The highest BCUT2D eigenvalue weighted by molar-refractivity contribution is 5.99. The van der Waals surface area contributed by atoms with E-state index in [9.17, 15) is 19.5 Å². The number of aryl methyl sites for hydroxylation is 1. The molecule has 1 aromatic rings. The van der Waals surface area contributed by atoms with E-state index in [0.717, 1.165) is 32.1 Å². The molecule has 0 bridgehead atoms. The van der Waals surface area contributed by atoms with Gasteiger partial charge in [0.1, 0.15) is 24.4 Å². The quantitative estimate of drug-likeness (QED) is 0.542. The van der Waals surface area contributed by atoms with Crippen molar-refractivity contribution in [3.8, 4) is 5.75 Å². The lowest BCUT2D eigenvalue weighted by Gasteiger charge is -2.30. The molecular formula is C25H36N2O5. The van der Waals surface area contributed by atoms with Gasteiger partial charge < -0.3 is 20.5 Å². The van der Waals surface area contributed by atoms with Crippen molar-refractivity contribution in [1.82, 2.24) is 10.6 Å². The van der Waals surface area contributed by atoms with E-state index in [4.69, 9.17) is 4.74 Å². The summed E-state index contributed by atoms with van der Waals surface area (Å²) in [6.45, 7) is 6.09. The summed E-state index contributed by atoms with van der Waals surface area (Å²) in [5.74, 6) is -0.668. The normalized spacial score (nSPS) is 23.2. The predicted molar refractivity (Wildman–Crippen MR) is 122 cm³/mol. The lowest BCUT2D eigenvalue weighted by atomic mass is 9.81. The van der Waals surface area contributed by atoms with E-state index in [-0.39, 0.29) is 41.5 Å². The van der Waals surface area contributed by atoms with Crippen LogP contribution in [-0.4, -0.2) is 47.5 Å². The van der Waals surface area contributed by atoms with Crippen LogP contribution in [0.5, 0.6) is 5.75 Å². The van der Waals surface area contributed by atoms with Crippen LogP contribution in [0.3, 0.4) is 0 Å². The summed E-state index contributed by atoms with van der Waals surface area (Å²) in [6, 6.07) is 3.35. The largest absolute Gasteiger partial charge is 0.508 e. The fraction of sp³-hybridized carbons (Fsp3) is 0.640. The second kappa shape index (κ2) is 10.5. The Balaban J connectivity index is 1.78. The number of aromatic hydroxyl groups is 1. The van der Waals surface area contributed by atoms with E-state index in [1.54, 1.807) is 12.1 Å². The maximum Gasteiger partial charge on any atom is 0.251 e. The van der Waals surface area contributed by atoms with Crippen molar-refractivity contribution in [3.63, 3.8) is 0 Å². The second-order valence-electron chi connectivity index (χ2n) is 9.55. The molecule has 3 atom stereocenters. The number of benzene rings is 1. The Labute approximate surface area is 190 Å². The Morgan fingerprint density at radius 2 is 1.97 bits per heavy atom. The van der Waals surface area contributed by atoms with Gasteiger partial charge in [0.2, 0.25) is 5.91 Å². The van der Waals surface area contributed by atoms with E-state index in [2.05, 4.69) is 17.6 Å². The predicted octanol–water partition coefficient (Wildman–Crippen LogP) is 3.28. The molecule has 1 saturated carbocycles. The standard InChI is InChI=1S/C25H36N2O5/c1-4-8-16-13-17(9-10-19(16)28)23(30)26-18(14-25(3)11-6-7-12-25)24(31)27-22-20(29)15-32-21(22)5-2/h9-10,13,18,21-22,28H,4-8,11-12,14-15H2,1-3H3,(H,26,30)(H,27,31)/t18-,21-,22+/m0/s1. The third-order valence-corrected chi connectivity index (χ3v) is 6.85. The molecule has 3 rings (SSSR count). The van der Waals surface area contributed by atoms with Gasteiger partial charge in [0.05, 0.1) is 6.10 Å². The molecule has 1 saturated heterocycles. The number of hydrogen-bond donors (Lipinski definition) is 3. The van der Waals surface area contributed by atoms with E-state index in [1.165, 1.54) is 6.07 Å². The molecule has 0 spiro atoms. The monoisotopic (exact) mass is 444 g/mol. The molecule has 1 aliphatic heterocycles. The number of phenolic OH excluding ortho intramolecular Hbond substituents is 1. The minimum absolute atomic E-state index is 0.00586. The van der Waals surface area contributed by atoms with Gasteiger partial charge in [-0.15, -0.1) is 0 Å². The van der Waals surface area contributed by atoms with Crippen LogP contribution in [0.1, 0.15) is 81.6 Å². The highest BCUT2D eigenvalue weighted by Gasteiger charge is 2.39. The molecule has 0 radical (unpaired) electrons. The third kappa shape index (κ3) is 5.68. The van der Waals surface area contributed by atoms with Crippen LogP contribution < -0.4 is 10.6 Å². The zero-order chi connectivity index (χ0) is 23.3. The van der Waals surface area contributed by atoms with Gasteiger partial charge in [-0.3, -0.25) is 14.4 Å². The van der Waals surface area contributed by atoms with Gasteiger partial charge in [-0.05, 0) is 61.3 Å². The maximum absolute atomic E-state index is 13.3. The molecule has 0 aromatic heterocycles. The summed E-state index contributed by atoms with van der Waals surface area (Å²) < 4.78 is 5.48. The molecule has 1 heterocycles. The van der Waals surface area contributed by atoms with E-state index < -0.39 is 12.1 Å². The number of rotatable bonds is 9. The van der Waals surface area contributed by atoms with Crippen molar-refractivity contribution in [1.29, 1.82) is 0 Å². The minimum Gasteiger partial charge on any atom is -0.508 e. The summed E-state index contributed by atoms with van der Waals surface area (Å²) in [5.41, 5.74) is 1.09. The Hall–Kier alpha value is -2.41. The molecular weight excluding hydrogens is 408 g/mol. The molecule has 2 fully saturated rings. The number of carbonyl (C=O) groups excluding carboxylic acids is 3. The first-order chi connectivity index (χ1) is 15.3. The van der Waals surface area contributed by atoms with Crippen LogP contribution >= 0.6 is 0 Å². The van der Waals surface area contributed by atoms with E-state index >= 15 is 0 Å². The van der Waals surface area contributed by atoms with E-state index in [1.807, 2.05) is 13.8 Å². The van der Waals surface area contributed by atoms with Crippen LogP contribution in [0.25, 0.3) is 0 Å². The van der Waals surface area contributed by atoms with Crippen molar-refractivity contribution in [2.45, 2.75) is 90.3 Å². The highest BCUT2D eigenvalue weighted by Crippen LogP contribution is 2.41. The lowest BCUT2D eigenvalue weighted by molar-refractivity contribution is -0.128. The SMILES string of the molecule is CCCc1cc(C(=O)N[C@@H](CC2(C)CCCC2)C(=O)N[C@@H]2C(=O)CO[C@H]2CC)ccc1O. The van der Waals surface area contributed by atoms with Crippen molar-refractivity contribution < 1.29 is 24.2 Å². The number of ether oxygens (including phenoxy) is 1. The van der Waals surface area contributed by atoms with E-state index in [0.29, 0.717) is 30.4 Å². The van der Waals surface area contributed by atoms with Crippen LogP contribution in [0.15, 0.2) is 18.2 Å². The fourth-order valence-electron chi connectivity index (χ4n) is 4.94. The summed E-state index contributed by atoms with van der Waals surface area (Å²) in [7, 11) is 0. The summed E-state index contributed by atoms with van der Waals surface area (Å²) in [4.78, 5) is 38.5. The minimum atomic E-state index is -0.750. The van der Waals surface area contributed by atoms with Crippen LogP contribution in [-0.2, 0) is 20.7 Å². The zero-order valence-electron chi connectivity index (χ0n) is 19.4. The van der Waals surface area contributed by atoms with Crippen LogP contribution in [0.4, 0.5) is 0 Å². The summed E-state index contributed by atoms with van der Waals surface area (Å²) in [6.07, 6.45) is 6.56. The molecule has 3 N–H and O–H groups in total. The topological polar surface area (TPSA) is 105 Å². The molecule has 0 unspecified atom stereocenters. The van der Waals surface area contributed by atoms with Crippen molar-refractivity contribution in [3.05, 3.63) is 29.3 Å². The molecule has 1 aliphatic carbocycles. The third-order valence-electron chi connectivity index (χ3n) is 6.85. The molecule has 176 valence electrons. The van der Waals surface area contributed by atoms with Gasteiger partial charge in [0.15, 0.2) is 5.78 Å². The molecule has 7 nitrogen and oxygen atoms in total. The molecule has 32 heavy (non-hydrogen) atoms. The first kappa shape index (κ1) is 24.2. The van der Waals surface area contributed by atoms with Gasteiger partial charge in [-0.25, -0.2) is 0 Å². The molecule has 2 amide bonds. The lowest BCUT2D eigenvalue weighted by Crippen LogP contribution is -2.54. The first-order valence-corrected chi connectivity index (χ1v) is 11.8. The second-order valence-corrected chi connectivity index (χ2v) is 9.55. The number of ketones is 1. The number of hydrogen-bond acceptors (Lipinski definition) is 5. The van der Waals surface area contributed by atoms with Crippen LogP contribution in [0.2, 0.25) is 0 Å². The highest BCUT2D eigenvalue weighted by atomic mass is 16.5. The number of carbonyl (C=O) groups is 3. The Morgan fingerprint density at radius 3 is 2.62 bits per heavy atom. The van der Waals surface area contributed by atoms with Crippen molar-refractivity contribution >= 4 is 17.6 Å². The Bertz CT molecular complexity index is 847. The van der Waals surface area contributed by atoms with Crippen molar-refractivity contribution in [2.75, 3.05) is 6.61 Å². The molecule has 1 aromatic carbocycles. The van der Waals surface area contributed by atoms with Gasteiger partial charge >= 0.3 is 0 Å². The first-order valence-electron chi connectivity index (χ1n) is 11.8. The maximum atomic E-state index is 13.3. The van der Waals surface area contributed by atoms with Crippen LogP contribution in [0, 0.1) is 5.41 Å². The average Bonchev–Trinajstić information content (AvgIpc) is 3.34. The number of phenols is 1. The Kier molecular flexibility index (Phi) is 7.93. The Morgan fingerprint density at radius 1 is 1.25 bits per heavy atom. The zero-order valence-corrected chi connectivity index (χ0v) is 19.4.